The maximum absolute atomic E-state index is 13.3. The van der Waals surface area contributed by atoms with Gasteiger partial charge in [-0.3, -0.25) is 0 Å². The Kier molecular flexibility index (Phi) is 4.90. The Labute approximate surface area is 100 Å². The second-order valence-electron chi connectivity index (χ2n) is 3.94. The molecule has 4 nitrogen and oxygen atoms in total. The van der Waals surface area contributed by atoms with Crippen LogP contribution in [-0.4, -0.2) is 25.8 Å². The van der Waals surface area contributed by atoms with Crippen LogP contribution in [0.2, 0.25) is 0 Å². The summed E-state index contributed by atoms with van der Waals surface area (Å²) < 4.78 is 18.2. The molecule has 17 heavy (non-hydrogen) atoms. The van der Waals surface area contributed by atoms with Crippen LogP contribution in [0.15, 0.2) is 18.2 Å². The molecule has 0 saturated heterocycles. The molecule has 0 heterocycles. The molecule has 1 aromatic carbocycles. The molecule has 1 rings (SSSR count). The summed E-state index contributed by atoms with van der Waals surface area (Å²) in [6, 6.07) is 3.97. The van der Waals surface area contributed by atoms with Crippen molar-refractivity contribution in [2.75, 3.05) is 19.0 Å². The fourth-order valence-corrected chi connectivity index (χ4v) is 1.41. The van der Waals surface area contributed by atoms with Gasteiger partial charge in [0.1, 0.15) is 5.82 Å². The summed E-state index contributed by atoms with van der Waals surface area (Å²) >= 11 is 0. The van der Waals surface area contributed by atoms with Gasteiger partial charge in [-0.25, -0.2) is 9.18 Å². The van der Waals surface area contributed by atoms with Crippen molar-refractivity contribution < 1.29 is 13.9 Å². The molecule has 0 aliphatic rings. The van der Waals surface area contributed by atoms with E-state index in [2.05, 4.69) is 10.6 Å². The number of amides is 2. The van der Waals surface area contributed by atoms with Crippen LogP contribution < -0.4 is 10.6 Å². The first-order valence-electron chi connectivity index (χ1n) is 5.35. The molecule has 0 radical (unpaired) electrons. The third-order valence-electron chi connectivity index (χ3n) is 2.16. The van der Waals surface area contributed by atoms with Crippen LogP contribution in [0.1, 0.15) is 12.5 Å². The summed E-state index contributed by atoms with van der Waals surface area (Å²) in [5.41, 5.74) is 1.05. The van der Waals surface area contributed by atoms with Gasteiger partial charge < -0.3 is 15.4 Å². The number of ether oxygens (including phenoxy) is 1. The number of hydrogen-bond donors (Lipinski definition) is 2. The van der Waals surface area contributed by atoms with Crippen molar-refractivity contribution in [2.24, 2.45) is 0 Å². The Bertz CT molecular complexity index is 396. The highest BCUT2D eigenvalue weighted by molar-refractivity contribution is 5.89. The SMILES string of the molecule is COCC(C)NC(=O)Nc1cc(C)ccc1F. The lowest BCUT2D eigenvalue weighted by Gasteiger charge is -2.14. The molecular formula is C12H17FN2O2. The minimum absolute atomic E-state index is 0.132. The minimum Gasteiger partial charge on any atom is -0.383 e. The molecule has 0 aromatic heterocycles. The first-order valence-corrected chi connectivity index (χ1v) is 5.35. The van der Waals surface area contributed by atoms with Gasteiger partial charge in [-0.05, 0) is 31.5 Å². The lowest BCUT2D eigenvalue weighted by atomic mass is 10.2. The van der Waals surface area contributed by atoms with Crippen LogP contribution in [0.25, 0.3) is 0 Å². The van der Waals surface area contributed by atoms with Gasteiger partial charge in [-0.2, -0.15) is 0 Å². The Morgan fingerprint density at radius 3 is 2.88 bits per heavy atom. The Morgan fingerprint density at radius 1 is 1.53 bits per heavy atom. The second-order valence-corrected chi connectivity index (χ2v) is 3.94. The van der Waals surface area contributed by atoms with Crippen LogP contribution in [-0.2, 0) is 4.74 Å². The highest BCUT2D eigenvalue weighted by atomic mass is 19.1. The molecule has 94 valence electrons. The lowest BCUT2D eigenvalue weighted by Crippen LogP contribution is -2.38. The van der Waals surface area contributed by atoms with E-state index < -0.39 is 11.8 Å². The van der Waals surface area contributed by atoms with Gasteiger partial charge in [0.25, 0.3) is 0 Å². The van der Waals surface area contributed by atoms with Crippen molar-refractivity contribution in [3.63, 3.8) is 0 Å². The Morgan fingerprint density at radius 2 is 2.24 bits per heavy atom. The van der Waals surface area contributed by atoms with E-state index in [-0.39, 0.29) is 11.7 Å². The zero-order chi connectivity index (χ0) is 12.8. The largest absolute Gasteiger partial charge is 0.383 e. The van der Waals surface area contributed by atoms with Gasteiger partial charge in [0.2, 0.25) is 0 Å². The molecule has 0 fully saturated rings. The fourth-order valence-electron chi connectivity index (χ4n) is 1.41. The average molecular weight is 240 g/mol. The number of halogens is 1. The molecule has 1 atom stereocenters. The predicted octanol–water partition coefficient (Wildman–Crippen LogP) is 2.29. The van der Waals surface area contributed by atoms with E-state index in [1.165, 1.54) is 6.07 Å². The summed E-state index contributed by atoms with van der Waals surface area (Å²) in [5.74, 6) is -0.454. The van der Waals surface area contributed by atoms with Crippen LogP contribution in [0, 0.1) is 12.7 Å². The number of aryl methyl sites for hydroxylation is 1. The van der Waals surface area contributed by atoms with Crippen LogP contribution in [0.5, 0.6) is 0 Å². The number of nitrogens with one attached hydrogen (secondary N) is 2. The van der Waals surface area contributed by atoms with Crippen molar-refractivity contribution in [2.45, 2.75) is 19.9 Å². The zero-order valence-corrected chi connectivity index (χ0v) is 10.2. The molecule has 1 aromatic rings. The van der Waals surface area contributed by atoms with Gasteiger partial charge in [0, 0.05) is 7.11 Å². The third-order valence-corrected chi connectivity index (χ3v) is 2.16. The molecule has 2 amide bonds. The van der Waals surface area contributed by atoms with Gasteiger partial charge >= 0.3 is 6.03 Å². The lowest BCUT2D eigenvalue weighted by molar-refractivity contribution is 0.173. The van der Waals surface area contributed by atoms with Gasteiger partial charge in [0.05, 0.1) is 18.3 Å². The maximum atomic E-state index is 13.3. The van der Waals surface area contributed by atoms with E-state index in [0.29, 0.717) is 6.61 Å². The van der Waals surface area contributed by atoms with Crippen molar-refractivity contribution in [3.05, 3.63) is 29.6 Å². The highest BCUT2D eigenvalue weighted by Crippen LogP contribution is 2.15. The molecule has 0 aliphatic heterocycles. The Balaban J connectivity index is 2.58. The average Bonchev–Trinajstić information content (AvgIpc) is 2.23. The van der Waals surface area contributed by atoms with Crippen molar-refractivity contribution in [1.29, 1.82) is 0 Å². The number of methoxy groups -OCH3 is 1. The summed E-state index contributed by atoms with van der Waals surface area (Å²) in [4.78, 5) is 11.5. The smallest absolute Gasteiger partial charge is 0.319 e. The highest BCUT2D eigenvalue weighted by Gasteiger charge is 2.09. The van der Waals surface area contributed by atoms with E-state index in [1.807, 2.05) is 6.92 Å². The number of benzene rings is 1. The first kappa shape index (κ1) is 13.4. The number of carbonyl (C=O) groups excluding carboxylic acids is 1. The quantitative estimate of drug-likeness (QED) is 0.848. The number of urea groups is 1. The monoisotopic (exact) mass is 240 g/mol. The van der Waals surface area contributed by atoms with E-state index in [1.54, 1.807) is 26.2 Å². The molecule has 1 unspecified atom stereocenters. The number of hydrogen-bond acceptors (Lipinski definition) is 2. The van der Waals surface area contributed by atoms with Crippen molar-refractivity contribution in [3.8, 4) is 0 Å². The van der Waals surface area contributed by atoms with E-state index in [9.17, 15) is 9.18 Å². The summed E-state index contributed by atoms with van der Waals surface area (Å²) in [6.07, 6.45) is 0. The summed E-state index contributed by atoms with van der Waals surface area (Å²) in [5, 5.41) is 5.09. The molecule has 2 N–H and O–H groups in total. The molecule has 0 aliphatic carbocycles. The van der Waals surface area contributed by atoms with Crippen molar-refractivity contribution >= 4 is 11.7 Å². The van der Waals surface area contributed by atoms with E-state index >= 15 is 0 Å². The predicted molar refractivity (Wildman–Crippen MR) is 64.6 cm³/mol. The van der Waals surface area contributed by atoms with E-state index in [0.717, 1.165) is 5.56 Å². The standard InChI is InChI=1S/C12H17FN2O2/c1-8-4-5-10(13)11(6-8)15-12(16)14-9(2)7-17-3/h4-6,9H,7H2,1-3H3,(H2,14,15,16). The van der Waals surface area contributed by atoms with Crippen LogP contribution in [0.3, 0.4) is 0 Å². The molecule has 0 saturated carbocycles. The first-order chi connectivity index (χ1) is 8.02. The molecule has 5 heteroatoms. The minimum atomic E-state index is -0.454. The number of carbonyl (C=O) groups is 1. The third kappa shape index (κ3) is 4.40. The normalized spacial score (nSPS) is 12.0. The second kappa shape index (κ2) is 6.20. The molecule has 0 bridgehead atoms. The summed E-state index contributed by atoms with van der Waals surface area (Å²) in [6.45, 7) is 4.04. The maximum Gasteiger partial charge on any atom is 0.319 e. The number of anilines is 1. The van der Waals surface area contributed by atoms with Gasteiger partial charge in [0.15, 0.2) is 0 Å². The molecule has 0 spiro atoms. The van der Waals surface area contributed by atoms with Gasteiger partial charge in [-0.15, -0.1) is 0 Å². The number of rotatable bonds is 4. The van der Waals surface area contributed by atoms with Gasteiger partial charge in [-0.1, -0.05) is 6.07 Å². The Hall–Kier alpha value is -1.62. The van der Waals surface area contributed by atoms with Crippen LogP contribution >= 0.6 is 0 Å². The topological polar surface area (TPSA) is 50.4 Å². The molecular weight excluding hydrogens is 223 g/mol. The van der Waals surface area contributed by atoms with E-state index in [4.69, 9.17) is 4.74 Å². The fraction of sp³-hybridized carbons (Fsp3) is 0.417. The van der Waals surface area contributed by atoms with Crippen LogP contribution in [0.4, 0.5) is 14.9 Å². The zero-order valence-electron chi connectivity index (χ0n) is 10.2. The summed E-state index contributed by atoms with van der Waals surface area (Å²) in [7, 11) is 1.55. The van der Waals surface area contributed by atoms with Crippen molar-refractivity contribution in [1.82, 2.24) is 5.32 Å².